The number of ether oxygens (including phenoxy) is 2. The van der Waals surface area contributed by atoms with Gasteiger partial charge in [0.2, 0.25) is 0 Å². The van der Waals surface area contributed by atoms with Crippen molar-refractivity contribution in [2.45, 2.75) is 19.1 Å². The Morgan fingerprint density at radius 1 is 1.28 bits per heavy atom. The van der Waals surface area contributed by atoms with Crippen LogP contribution in [0.4, 0.5) is 13.2 Å². The van der Waals surface area contributed by atoms with Crippen molar-refractivity contribution in [3.05, 3.63) is 23.8 Å². The van der Waals surface area contributed by atoms with E-state index in [9.17, 15) is 13.2 Å². The Balaban J connectivity index is 0.00000289. The largest absolute Gasteiger partial charge is 0.493 e. The molecule has 7 heteroatoms. The van der Waals surface area contributed by atoms with Crippen molar-refractivity contribution >= 4 is 12.4 Å². The lowest BCUT2D eigenvalue weighted by Gasteiger charge is -2.17. The van der Waals surface area contributed by atoms with E-state index in [0.29, 0.717) is 12.4 Å². The minimum Gasteiger partial charge on any atom is -0.493 e. The van der Waals surface area contributed by atoms with Crippen molar-refractivity contribution in [1.29, 1.82) is 0 Å². The van der Waals surface area contributed by atoms with Gasteiger partial charge in [0.05, 0.1) is 13.7 Å². The van der Waals surface area contributed by atoms with E-state index in [-0.39, 0.29) is 23.7 Å². The van der Waals surface area contributed by atoms with Crippen molar-refractivity contribution in [2.75, 3.05) is 13.7 Å². The maximum Gasteiger partial charge on any atom is 0.407 e. The molecule has 2 N–H and O–H groups in total. The third kappa shape index (κ3) is 3.96. The number of halogens is 4. The Hall–Kier alpha value is -1.14. The minimum absolute atomic E-state index is 0. The predicted molar refractivity (Wildman–Crippen MR) is 64.4 cm³/mol. The second-order valence-electron chi connectivity index (χ2n) is 3.36. The Labute approximate surface area is 109 Å². The zero-order valence-electron chi connectivity index (χ0n) is 9.95. The van der Waals surface area contributed by atoms with E-state index in [0.717, 1.165) is 0 Å². The molecule has 0 aromatic heterocycles. The molecule has 1 rings (SSSR count). The lowest BCUT2D eigenvalue weighted by molar-refractivity contribution is -0.149. The van der Waals surface area contributed by atoms with Gasteiger partial charge in [-0.2, -0.15) is 13.2 Å². The van der Waals surface area contributed by atoms with Gasteiger partial charge < -0.3 is 15.2 Å². The predicted octanol–water partition coefficient (Wildman–Crippen LogP) is 3.08. The topological polar surface area (TPSA) is 44.5 Å². The monoisotopic (exact) mass is 285 g/mol. The van der Waals surface area contributed by atoms with Gasteiger partial charge in [0.15, 0.2) is 11.5 Å². The molecule has 0 heterocycles. The fourth-order valence-corrected chi connectivity index (χ4v) is 1.34. The SMILES string of the molecule is CCOc1ccc([C@H](N)C(F)(F)F)cc1OC.Cl. The lowest BCUT2D eigenvalue weighted by atomic mass is 10.1. The third-order valence-corrected chi connectivity index (χ3v) is 2.20. The van der Waals surface area contributed by atoms with Crippen molar-refractivity contribution in [2.24, 2.45) is 5.73 Å². The lowest BCUT2D eigenvalue weighted by Crippen LogP contribution is -2.28. The molecule has 0 saturated heterocycles. The van der Waals surface area contributed by atoms with Crippen molar-refractivity contribution in [3.8, 4) is 11.5 Å². The van der Waals surface area contributed by atoms with Crippen LogP contribution < -0.4 is 15.2 Å². The quantitative estimate of drug-likeness (QED) is 0.924. The van der Waals surface area contributed by atoms with Gasteiger partial charge in [-0.25, -0.2) is 0 Å². The van der Waals surface area contributed by atoms with Crippen LogP contribution in [0.15, 0.2) is 18.2 Å². The fraction of sp³-hybridized carbons (Fsp3) is 0.455. The molecule has 0 aliphatic heterocycles. The Morgan fingerprint density at radius 2 is 1.89 bits per heavy atom. The van der Waals surface area contributed by atoms with Crippen LogP contribution in [0.5, 0.6) is 11.5 Å². The smallest absolute Gasteiger partial charge is 0.407 e. The molecule has 3 nitrogen and oxygen atoms in total. The van der Waals surface area contributed by atoms with E-state index in [1.54, 1.807) is 6.92 Å². The molecule has 0 aliphatic carbocycles. The molecule has 0 bridgehead atoms. The van der Waals surface area contributed by atoms with E-state index in [4.69, 9.17) is 15.2 Å². The van der Waals surface area contributed by atoms with Gasteiger partial charge in [0, 0.05) is 0 Å². The van der Waals surface area contributed by atoms with Gasteiger partial charge in [-0.1, -0.05) is 6.07 Å². The van der Waals surface area contributed by atoms with E-state index >= 15 is 0 Å². The number of hydrogen-bond acceptors (Lipinski definition) is 3. The summed E-state index contributed by atoms with van der Waals surface area (Å²) >= 11 is 0. The average Bonchev–Trinajstić information content (AvgIpc) is 2.28. The van der Waals surface area contributed by atoms with Crippen LogP contribution in [0.2, 0.25) is 0 Å². The van der Waals surface area contributed by atoms with Crippen LogP contribution in [-0.2, 0) is 0 Å². The summed E-state index contributed by atoms with van der Waals surface area (Å²) in [7, 11) is 1.36. The van der Waals surface area contributed by atoms with Gasteiger partial charge in [-0.3, -0.25) is 0 Å². The maximum absolute atomic E-state index is 12.4. The zero-order chi connectivity index (χ0) is 13.1. The Bertz CT molecular complexity index is 385. The van der Waals surface area contributed by atoms with Crippen LogP contribution in [0.25, 0.3) is 0 Å². The van der Waals surface area contributed by atoms with Crippen molar-refractivity contribution in [3.63, 3.8) is 0 Å². The fourth-order valence-electron chi connectivity index (χ4n) is 1.34. The number of alkyl halides is 3. The number of methoxy groups -OCH3 is 1. The number of nitrogens with two attached hydrogens (primary N) is 1. The van der Waals surface area contributed by atoms with Crippen LogP contribution in [0.3, 0.4) is 0 Å². The summed E-state index contributed by atoms with van der Waals surface area (Å²) in [6, 6.07) is 1.92. The van der Waals surface area contributed by atoms with E-state index < -0.39 is 12.2 Å². The normalized spacial score (nSPS) is 12.6. The molecule has 1 atom stereocenters. The van der Waals surface area contributed by atoms with Gasteiger partial charge in [0.1, 0.15) is 6.04 Å². The first-order valence-corrected chi connectivity index (χ1v) is 5.03. The molecular weight excluding hydrogens is 271 g/mol. The average molecular weight is 286 g/mol. The molecule has 0 spiro atoms. The number of hydrogen-bond donors (Lipinski definition) is 1. The molecule has 18 heavy (non-hydrogen) atoms. The molecule has 0 radical (unpaired) electrons. The first-order chi connectivity index (χ1) is 7.90. The zero-order valence-corrected chi connectivity index (χ0v) is 10.8. The van der Waals surface area contributed by atoms with Gasteiger partial charge in [0.25, 0.3) is 0 Å². The molecule has 0 saturated carbocycles. The van der Waals surface area contributed by atoms with Crippen LogP contribution in [0, 0.1) is 0 Å². The van der Waals surface area contributed by atoms with Gasteiger partial charge in [-0.05, 0) is 24.6 Å². The summed E-state index contributed by atoms with van der Waals surface area (Å²) in [6.07, 6.45) is -4.47. The van der Waals surface area contributed by atoms with E-state index in [1.807, 2.05) is 0 Å². The number of rotatable bonds is 4. The molecule has 0 amide bonds. The van der Waals surface area contributed by atoms with E-state index in [2.05, 4.69) is 0 Å². The molecule has 1 aromatic rings. The molecular formula is C11H15ClF3NO2. The Morgan fingerprint density at radius 3 is 2.33 bits per heavy atom. The summed E-state index contributed by atoms with van der Waals surface area (Å²) in [6.45, 7) is 2.18. The molecule has 1 aromatic carbocycles. The van der Waals surface area contributed by atoms with Crippen LogP contribution in [0.1, 0.15) is 18.5 Å². The highest BCUT2D eigenvalue weighted by Gasteiger charge is 2.38. The first-order valence-electron chi connectivity index (χ1n) is 5.03. The van der Waals surface area contributed by atoms with Gasteiger partial charge in [-0.15, -0.1) is 12.4 Å². The first kappa shape index (κ1) is 16.9. The third-order valence-electron chi connectivity index (χ3n) is 2.20. The highest BCUT2D eigenvalue weighted by Crippen LogP contribution is 2.35. The summed E-state index contributed by atoms with van der Waals surface area (Å²) in [5, 5.41) is 0. The highest BCUT2D eigenvalue weighted by molar-refractivity contribution is 5.85. The molecule has 0 unspecified atom stereocenters. The summed E-state index contributed by atoms with van der Waals surface area (Å²) < 4.78 is 47.4. The number of benzene rings is 1. The molecule has 0 fully saturated rings. The van der Waals surface area contributed by atoms with Crippen molar-refractivity contribution in [1.82, 2.24) is 0 Å². The maximum atomic E-state index is 12.4. The standard InChI is InChI=1S/C11H14F3NO2.ClH/c1-3-17-8-5-4-7(6-9(8)16-2)10(15)11(12,13)14;/h4-6,10H,3,15H2,1-2H3;1H/t10-;/m0./s1. The molecule has 104 valence electrons. The van der Waals surface area contributed by atoms with Crippen LogP contribution >= 0.6 is 12.4 Å². The minimum atomic E-state index is -4.47. The van der Waals surface area contributed by atoms with Gasteiger partial charge >= 0.3 is 6.18 Å². The highest BCUT2D eigenvalue weighted by atomic mass is 35.5. The molecule has 0 aliphatic rings. The summed E-state index contributed by atoms with van der Waals surface area (Å²) in [5.41, 5.74) is 5.04. The van der Waals surface area contributed by atoms with E-state index in [1.165, 1.54) is 25.3 Å². The van der Waals surface area contributed by atoms with Crippen molar-refractivity contribution < 1.29 is 22.6 Å². The van der Waals surface area contributed by atoms with Crippen LogP contribution in [-0.4, -0.2) is 19.9 Å². The second-order valence-corrected chi connectivity index (χ2v) is 3.36. The summed E-state index contributed by atoms with van der Waals surface area (Å²) in [5.74, 6) is 0.636. The Kier molecular flexibility index (Phi) is 6.28. The summed E-state index contributed by atoms with van der Waals surface area (Å²) in [4.78, 5) is 0. The second kappa shape index (κ2) is 6.70.